The number of hydrogen-bond donors (Lipinski definition) is 5. The fourth-order valence-corrected chi connectivity index (χ4v) is 3.79. The molecule has 6 nitrogen and oxygen atoms in total. The lowest BCUT2D eigenvalue weighted by atomic mass is 9.95. The van der Waals surface area contributed by atoms with E-state index in [9.17, 15) is 0 Å². The molecule has 4 aromatic carbocycles. The summed E-state index contributed by atoms with van der Waals surface area (Å²) in [5.41, 5.74) is 32.6. The van der Waals surface area contributed by atoms with E-state index in [4.69, 9.17) is 27.7 Å². The topological polar surface area (TPSA) is 125 Å². The zero-order chi connectivity index (χ0) is 25.1. The van der Waals surface area contributed by atoms with Crippen LogP contribution < -0.4 is 33.0 Å². The van der Waals surface area contributed by atoms with E-state index in [1.165, 1.54) is 11.1 Å². The number of anilines is 6. The van der Waals surface area contributed by atoms with Gasteiger partial charge in [-0.25, -0.2) is 0 Å². The second-order valence-corrected chi connectivity index (χ2v) is 8.51. The molecule has 0 unspecified atom stereocenters. The fourth-order valence-electron chi connectivity index (χ4n) is 3.79. The van der Waals surface area contributed by atoms with Crippen molar-refractivity contribution in [2.45, 2.75) is 0 Å². The van der Waals surface area contributed by atoms with Crippen molar-refractivity contribution in [3.05, 3.63) is 109 Å². The lowest BCUT2D eigenvalue weighted by Gasteiger charge is -2.12. The molecule has 2 aliphatic carbocycles. The minimum Gasteiger partial charge on any atom is -0.455 e. The van der Waals surface area contributed by atoms with Crippen molar-refractivity contribution in [2.75, 3.05) is 28.3 Å². The highest BCUT2D eigenvalue weighted by Gasteiger charge is 2.06. The minimum absolute atomic E-state index is 0.498. The summed E-state index contributed by atoms with van der Waals surface area (Å²) in [4.78, 5) is 0. The number of fused-ring (bicyclic) bond motifs is 1. The molecule has 0 atom stereocenters. The Labute approximate surface area is 210 Å². The molecule has 178 valence electrons. The first-order valence-corrected chi connectivity index (χ1v) is 11.5. The largest absolute Gasteiger partial charge is 0.455 e. The van der Waals surface area contributed by atoms with Crippen LogP contribution in [0.4, 0.5) is 34.1 Å². The van der Waals surface area contributed by atoms with Gasteiger partial charge in [0.15, 0.2) is 0 Å². The van der Waals surface area contributed by atoms with Crippen molar-refractivity contribution < 1.29 is 4.74 Å². The zero-order valence-corrected chi connectivity index (χ0v) is 19.6. The Morgan fingerprint density at radius 1 is 0.528 bits per heavy atom. The highest BCUT2D eigenvalue weighted by atomic mass is 16.5. The van der Waals surface area contributed by atoms with E-state index in [0.29, 0.717) is 34.2 Å². The molecule has 2 aliphatic rings. The Bertz CT molecular complexity index is 1470. The molecule has 0 radical (unpaired) electrons. The van der Waals surface area contributed by atoms with Gasteiger partial charge in [0.25, 0.3) is 0 Å². The van der Waals surface area contributed by atoms with Crippen LogP contribution >= 0.6 is 0 Å². The molecular formula is C30H27N5O. The first kappa shape index (κ1) is 22.7. The molecule has 4 aromatic rings. The fraction of sp³-hybridized carbons (Fsp3) is 0. The number of benzene rings is 5. The van der Waals surface area contributed by atoms with Gasteiger partial charge in [-0.1, -0.05) is 48.5 Å². The van der Waals surface area contributed by atoms with Crippen LogP contribution in [0.1, 0.15) is 0 Å². The highest BCUT2D eigenvalue weighted by molar-refractivity contribution is 5.85. The SMILES string of the molecule is Nc1ccc(Oc2ccc(Nc3ccc(-c4cccc(N)c4N)cc3)cc2)c(N)c1.c1cc2ccc1-2. The summed E-state index contributed by atoms with van der Waals surface area (Å²) in [6.45, 7) is 0. The Morgan fingerprint density at radius 2 is 1.11 bits per heavy atom. The normalized spacial score (nSPS) is 10.7. The van der Waals surface area contributed by atoms with Gasteiger partial charge < -0.3 is 33.0 Å². The Balaban J connectivity index is 0.000000382. The van der Waals surface area contributed by atoms with Crippen LogP contribution in [0.15, 0.2) is 109 Å². The summed E-state index contributed by atoms with van der Waals surface area (Å²) in [6, 6.07) is 35.0. The molecule has 6 heteroatoms. The van der Waals surface area contributed by atoms with E-state index < -0.39 is 0 Å². The van der Waals surface area contributed by atoms with Crippen LogP contribution in [0, 0.1) is 0 Å². The van der Waals surface area contributed by atoms with E-state index in [0.717, 1.165) is 22.5 Å². The average molecular weight is 474 g/mol. The second-order valence-electron chi connectivity index (χ2n) is 8.51. The summed E-state index contributed by atoms with van der Waals surface area (Å²) in [5.74, 6) is 1.26. The maximum atomic E-state index is 6.10. The van der Waals surface area contributed by atoms with Gasteiger partial charge in [0.05, 0.1) is 17.1 Å². The predicted octanol–water partition coefficient (Wildman–Crippen LogP) is 6.89. The number of nitrogens with one attached hydrogen (secondary N) is 1. The Hall–Kier alpha value is -5.10. The summed E-state index contributed by atoms with van der Waals surface area (Å²) in [6.07, 6.45) is 0. The number of rotatable bonds is 5. The van der Waals surface area contributed by atoms with Gasteiger partial charge in [0.1, 0.15) is 11.5 Å². The van der Waals surface area contributed by atoms with Crippen molar-refractivity contribution in [1.29, 1.82) is 0 Å². The van der Waals surface area contributed by atoms with Gasteiger partial charge >= 0.3 is 0 Å². The van der Waals surface area contributed by atoms with E-state index in [1.54, 1.807) is 24.3 Å². The molecule has 0 spiro atoms. The molecular weight excluding hydrogens is 446 g/mol. The number of hydrogen-bond acceptors (Lipinski definition) is 6. The highest BCUT2D eigenvalue weighted by Crippen LogP contribution is 2.33. The lowest BCUT2D eigenvalue weighted by molar-refractivity contribution is 0.485. The van der Waals surface area contributed by atoms with Gasteiger partial charge in [0.2, 0.25) is 0 Å². The molecule has 6 rings (SSSR count). The molecule has 0 saturated carbocycles. The van der Waals surface area contributed by atoms with Gasteiger partial charge in [-0.05, 0) is 77.4 Å². The first-order valence-electron chi connectivity index (χ1n) is 11.5. The molecule has 0 aromatic heterocycles. The average Bonchev–Trinajstić information content (AvgIpc) is 2.87. The maximum Gasteiger partial charge on any atom is 0.150 e. The molecule has 0 amide bonds. The monoisotopic (exact) mass is 473 g/mol. The van der Waals surface area contributed by atoms with Crippen molar-refractivity contribution >= 4 is 34.1 Å². The van der Waals surface area contributed by atoms with E-state index in [2.05, 4.69) is 29.6 Å². The molecule has 0 saturated heterocycles. The smallest absolute Gasteiger partial charge is 0.150 e. The maximum absolute atomic E-state index is 6.10. The second kappa shape index (κ2) is 9.64. The number of para-hydroxylation sites is 1. The molecule has 0 fully saturated rings. The molecule has 0 bridgehead atoms. The van der Waals surface area contributed by atoms with E-state index >= 15 is 0 Å². The Morgan fingerprint density at radius 3 is 1.67 bits per heavy atom. The first-order chi connectivity index (χ1) is 17.5. The third-order valence-electron chi connectivity index (χ3n) is 5.96. The summed E-state index contributed by atoms with van der Waals surface area (Å²) in [5, 5.41) is 3.37. The van der Waals surface area contributed by atoms with Crippen molar-refractivity contribution in [3.63, 3.8) is 0 Å². The number of nitrogens with two attached hydrogens (primary N) is 4. The molecule has 0 aliphatic heterocycles. The minimum atomic E-state index is 0.498. The number of ether oxygens (including phenoxy) is 1. The van der Waals surface area contributed by atoms with Crippen LogP contribution in [0.25, 0.3) is 22.3 Å². The van der Waals surface area contributed by atoms with Gasteiger partial charge in [-0.15, -0.1) is 0 Å². The van der Waals surface area contributed by atoms with Crippen LogP contribution in [-0.4, -0.2) is 0 Å². The van der Waals surface area contributed by atoms with E-state index in [1.807, 2.05) is 60.7 Å². The Kier molecular flexibility index (Phi) is 6.07. The number of nitrogen functional groups attached to an aromatic ring is 4. The summed E-state index contributed by atoms with van der Waals surface area (Å²) < 4.78 is 5.82. The van der Waals surface area contributed by atoms with Crippen molar-refractivity contribution in [2.24, 2.45) is 0 Å². The van der Waals surface area contributed by atoms with Crippen molar-refractivity contribution in [1.82, 2.24) is 0 Å². The van der Waals surface area contributed by atoms with Crippen molar-refractivity contribution in [3.8, 4) is 33.8 Å². The third kappa shape index (κ3) is 4.88. The summed E-state index contributed by atoms with van der Waals surface area (Å²) >= 11 is 0. The van der Waals surface area contributed by atoms with Gasteiger partial charge in [-0.3, -0.25) is 0 Å². The van der Waals surface area contributed by atoms with Crippen LogP contribution in [-0.2, 0) is 0 Å². The molecule has 36 heavy (non-hydrogen) atoms. The summed E-state index contributed by atoms with van der Waals surface area (Å²) in [7, 11) is 0. The lowest BCUT2D eigenvalue weighted by Crippen LogP contribution is -1.97. The van der Waals surface area contributed by atoms with E-state index in [-0.39, 0.29) is 0 Å². The predicted molar refractivity (Wildman–Crippen MR) is 151 cm³/mol. The van der Waals surface area contributed by atoms with Gasteiger partial charge in [-0.2, -0.15) is 0 Å². The standard InChI is InChI=1S/C24H23N5O.C6H4/c25-16-6-13-23(22(27)14-16)30-19-11-9-18(10-12-19)29-17-7-4-15(5-8-17)20-2-1-3-21(26)24(20)28;1-2-6-4-3-5(1)6/h1-14,29H,25-28H2;1-4H. The quantitative estimate of drug-likeness (QED) is 0.174. The zero-order valence-electron chi connectivity index (χ0n) is 19.6. The van der Waals surface area contributed by atoms with Crippen LogP contribution in [0.2, 0.25) is 0 Å². The molecule has 9 N–H and O–H groups in total. The van der Waals surface area contributed by atoms with Crippen LogP contribution in [0.3, 0.4) is 0 Å². The third-order valence-corrected chi connectivity index (χ3v) is 5.96. The van der Waals surface area contributed by atoms with Gasteiger partial charge in [0, 0.05) is 22.6 Å². The molecule has 0 heterocycles. The van der Waals surface area contributed by atoms with Crippen LogP contribution in [0.5, 0.6) is 11.5 Å².